The zero-order chi connectivity index (χ0) is 5.28. The molecule has 1 saturated heterocycles. The first-order chi connectivity index (χ1) is 3.34. The van der Waals surface area contributed by atoms with Crippen LogP contribution in [0.15, 0.2) is 0 Å². The summed E-state index contributed by atoms with van der Waals surface area (Å²) in [6, 6.07) is 0.223. The Morgan fingerprint density at radius 3 is 2.57 bits per heavy atom. The van der Waals surface area contributed by atoms with E-state index in [4.69, 9.17) is 0 Å². The average molecular weight is 211 g/mol. The van der Waals surface area contributed by atoms with Crippen LogP contribution in [0, 0.1) is 0 Å². The molecular formula is C4H6INO. The van der Waals surface area contributed by atoms with E-state index >= 15 is 0 Å². The molecular weight excluding hydrogens is 205 g/mol. The monoisotopic (exact) mass is 211 g/mol. The van der Waals surface area contributed by atoms with Crippen LogP contribution in [-0.4, -0.2) is 22.0 Å². The van der Waals surface area contributed by atoms with E-state index in [1.54, 1.807) is 0 Å². The van der Waals surface area contributed by atoms with Crippen LogP contribution in [-0.2, 0) is 4.79 Å². The number of nitrogens with zero attached hydrogens (tertiary/aromatic N) is 1. The summed E-state index contributed by atoms with van der Waals surface area (Å²) in [5.41, 5.74) is 0. The largest absolute Gasteiger partial charge is 0.302 e. The van der Waals surface area contributed by atoms with E-state index in [0.29, 0.717) is 0 Å². The van der Waals surface area contributed by atoms with Crippen LogP contribution in [0.1, 0.15) is 6.42 Å². The Hall–Kier alpha value is 0.360. The lowest BCUT2D eigenvalue weighted by Crippen LogP contribution is -2.41. The van der Waals surface area contributed by atoms with Crippen molar-refractivity contribution >= 4 is 29.2 Å². The van der Waals surface area contributed by atoms with Gasteiger partial charge in [0.05, 0.1) is 6.04 Å². The molecule has 0 N–H and O–H groups in total. The van der Waals surface area contributed by atoms with Crippen molar-refractivity contribution in [3.05, 3.63) is 0 Å². The van der Waals surface area contributed by atoms with Crippen LogP contribution in [0.2, 0.25) is 0 Å². The summed E-state index contributed by atoms with van der Waals surface area (Å²) in [5, 5.41) is 0. The van der Waals surface area contributed by atoms with Crippen molar-refractivity contribution < 1.29 is 4.79 Å². The van der Waals surface area contributed by atoms with Gasteiger partial charge in [0.1, 0.15) is 6.29 Å². The van der Waals surface area contributed by atoms with Crippen molar-refractivity contribution in [3.63, 3.8) is 0 Å². The normalized spacial score (nSPS) is 31.9. The van der Waals surface area contributed by atoms with E-state index in [1.807, 2.05) is 3.11 Å². The maximum absolute atomic E-state index is 9.95. The number of hydrogen-bond donors (Lipinski definition) is 0. The third kappa shape index (κ3) is 0.937. The van der Waals surface area contributed by atoms with E-state index < -0.39 is 0 Å². The number of rotatable bonds is 1. The van der Waals surface area contributed by atoms with E-state index in [2.05, 4.69) is 22.9 Å². The molecule has 0 aromatic heterocycles. The molecule has 3 heteroatoms. The number of hydrogen-bond acceptors (Lipinski definition) is 2. The van der Waals surface area contributed by atoms with Crippen molar-refractivity contribution in [2.45, 2.75) is 12.5 Å². The molecule has 0 bridgehead atoms. The summed E-state index contributed by atoms with van der Waals surface area (Å²) in [6.07, 6.45) is 2.04. The Balaban J connectivity index is 2.28. The predicted molar refractivity (Wildman–Crippen MR) is 35.2 cm³/mol. The number of carbonyl (C=O) groups excluding carboxylic acids is 1. The molecule has 0 unspecified atom stereocenters. The Kier molecular flexibility index (Phi) is 1.64. The Bertz CT molecular complexity index is 85.8. The summed E-state index contributed by atoms with van der Waals surface area (Å²) >= 11 is 2.16. The topological polar surface area (TPSA) is 20.3 Å². The minimum absolute atomic E-state index is 0.223. The molecule has 0 spiro atoms. The number of carbonyl (C=O) groups is 1. The van der Waals surface area contributed by atoms with Crippen LogP contribution < -0.4 is 0 Å². The first-order valence-corrected chi connectivity index (χ1v) is 3.19. The molecule has 40 valence electrons. The zero-order valence-corrected chi connectivity index (χ0v) is 5.96. The van der Waals surface area contributed by atoms with Crippen LogP contribution in [0.25, 0.3) is 0 Å². The van der Waals surface area contributed by atoms with Gasteiger partial charge in [-0.3, -0.25) is 0 Å². The molecule has 0 amide bonds. The van der Waals surface area contributed by atoms with Crippen LogP contribution in [0.5, 0.6) is 0 Å². The van der Waals surface area contributed by atoms with Gasteiger partial charge in [-0.25, -0.2) is 3.11 Å². The second kappa shape index (κ2) is 2.09. The SMILES string of the molecule is O=C[C@@H]1CCN1I. The maximum Gasteiger partial charge on any atom is 0.137 e. The third-order valence-electron chi connectivity index (χ3n) is 1.16. The number of halogens is 1. The summed E-state index contributed by atoms with van der Waals surface area (Å²) in [6.45, 7) is 1.07. The third-order valence-corrected chi connectivity index (χ3v) is 2.35. The summed E-state index contributed by atoms with van der Waals surface area (Å²) < 4.78 is 2.00. The summed E-state index contributed by atoms with van der Waals surface area (Å²) in [7, 11) is 0. The molecule has 0 aromatic rings. The molecule has 1 atom stereocenters. The summed E-state index contributed by atoms with van der Waals surface area (Å²) in [4.78, 5) is 9.95. The Morgan fingerprint density at radius 1 is 1.86 bits per heavy atom. The Morgan fingerprint density at radius 2 is 2.57 bits per heavy atom. The van der Waals surface area contributed by atoms with Crippen molar-refractivity contribution in [1.29, 1.82) is 0 Å². The van der Waals surface area contributed by atoms with Gasteiger partial charge in [0, 0.05) is 29.4 Å². The fourth-order valence-corrected chi connectivity index (χ4v) is 1.20. The van der Waals surface area contributed by atoms with Gasteiger partial charge in [0.15, 0.2) is 0 Å². The van der Waals surface area contributed by atoms with E-state index in [-0.39, 0.29) is 6.04 Å². The lowest BCUT2D eigenvalue weighted by atomic mass is 10.1. The van der Waals surface area contributed by atoms with Crippen LogP contribution in [0.4, 0.5) is 0 Å². The second-order valence-electron chi connectivity index (χ2n) is 1.62. The smallest absolute Gasteiger partial charge is 0.137 e. The first kappa shape index (κ1) is 5.50. The lowest BCUT2D eigenvalue weighted by molar-refractivity contribution is -0.112. The van der Waals surface area contributed by atoms with Gasteiger partial charge >= 0.3 is 0 Å². The van der Waals surface area contributed by atoms with E-state index in [1.165, 1.54) is 0 Å². The van der Waals surface area contributed by atoms with Crippen LogP contribution in [0.3, 0.4) is 0 Å². The van der Waals surface area contributed by atoms with Crippen molar-refractivity contribution in [3.8, 4) is 0 Å². The van der Waals surface area contributed by atoms with Gasteiger partial charge in [0.25, 0.3) is 0 Å². The molecule has 2 nitrogen and oxygen atoms in total. The molecule has 1 rings (SSSR count). The lowest BCUT2D eigenvalue weighted by Gasteiger charge is -2.30. The van der Waals surface area contributed by atoms with Crippen molar-refractivity contribution in [2.75, 3.05) is 6.54 Å². The average Bonchev–Trinajstić information content (AvgIpc) is 1.65. The van der Waals surface area contributed by atoms with E-state index in [9.17, 15) is 4.79 Å². The minimum atomic E-state index is 0.223. The summed E-state index contributed by atoms with van der Waals surface area (Å²) in [5.74, 6) is 0. The highest BCUT2D eigenvalue weighted by molar-refractivity contribution is 14.1. The van der Waals surface area contributed by atoms with Crippen LogP contribution >= 0.6 is 22.9 Å². The second-order valence-corrected chi connectivity index (χ2v) is 2.85. The fraction of sp³-hybridized carbons (Fsp3) is 0.750. The van der Waals surface area contributed by atoms with E-state index in [0.717, 1.165) is 19.3 Å². The van der Waals surface area contributed by atoms with Gasteiger partial charge in [0.2, 0.25) is 0 Å². The molecule has 1 aliphatic rings. The van der Waals surface area contributed by atoms with Crippen molar-refractivity contribution in [2.24, 2.45) is 0 Å². The highest BCUT2D eigenvalue weighted by Gasteiger charge is 2.24. The molecule has 0 aromatic carbocycles. The quantitative estimate of drug-likeness (QED) is 0.359. The number of aldehydes is 1. The highest BCUT2D eigenvalue weighted by atomic mass is 127. The molecule has 0 aliphatic carbocycles. The fourth-order valence-electron chi connectivity index (χ4n) is 0.510. The van der Waals surface area contributed by atoms with Gasteiger partial charge < -0.3 is 4.79 Å². The molecule has 7 heavy (non-hydrogen) atoms. The maximum atomic E-state index is 9.95. The van der Waals surface area contributed by atoms with Gasteiger partial charge in [-0.15, -0.1) is 0 Å². The highest BCUT2D eigenvalue weighted by Crippen LogP contribution is 2.18. The minimum Gasteiger partial charge on any atom is -0.302 e. The van der Waals surface area contributed by atoms with Crippen molar-refractivity contribution in [1.82, 2.24) is 3.11 Å². The van der Waals surface area contributed by atoms with Gasteiger partial charge in [-0.1, -0.05) is 0 Å². The molecule has 0 radical (unpaired) electrons. The molecule has 1 fully saturated rings. The zero-order valence-electron chi connectivity index (χ0n) is 3.80. The molecule has 0 saturated carbocycles. The first-order valence-electron chi connectivity index (χ1n) is 2.22. The standard InChI is InChI=1S/C4H6INO/c5-6-2-1-4(6)3-7/h3-4H,1-2H2/t4-/m0/s1. The Labute approximate surface area is 56.4 Å². The van der Waals surface area contributed by atoms with Gasteiger partial charge in [-0.2, -0.15) is 0 Å². The molecule has 1 aliphatic heterocycles. The molecule has 1 heterocycles. The van der Waals surface area contributed by atoms with Gasteiger partial charge in [-0.05, 0) is 6.42 Å². The predicted octanol–water partition coefficient (Wildman–Crippen LogP) is 0.610.